The van der Waals surface area contributed by atoms with Crippen molar-refractivity contribution in [3.8, 4) is 24.7 Å². The summed E-state index contributed by atoms with van der Waals surface area (Å²) in [5, 5.41) is 18.1. The zero-order valence-electron chi connectivity index (χ0n) is 54.6. The first-order valence-corrected chi connectivity index (χ1v) is 32.4. The maximum atomic E-state index is 12.7. The summed E-state index contributed by atoms with van der Waals surface area (Å²) in [6.45, 7) is 17.9. The Morgan fingerprint density at radius 2 is 1.26 bits per heavy atom. The van der Waals surface area contributed by atoms with Crippen LogP contribution in [-0.2, 0) is 60.7 Å². The molecule has 5 saturated heterocycles. The Bertz CT molecular complexity index is 3810. The van der Waals surface area contributed by atoms with Crippen molar-refractivity contribution in [2.45, 2.75) is 155 Å². The summed E-state index contributed by atoms with van der Waals surface area (Å²) in [5.41, 5.74) is 3.71. The summed E-state index contributed by atoms with van der Waals surface area (Å²) in [4.78, 5) is 114. The van der Waals surface area contributed by atoms with Gasteiger partial charge in [0.15, 0.2) is 22.3 Å². The average Bonchev–Trinajstić information content (AvgIpc) is 1.66. The molecule has 5 aliphatic heterocycles. The number of piperidine rings is 2. The molecule has 9 heterocycles. The standard InChI is InChI=1S/C34H43N7O8.C17H22N2.C16H21N5O6/c1-5-23-9-11-24(12-10-23)17-40(18-25-8-6-7-13-35-25)14-15-46-34(45)47-19-27-26(48-22(4)42)16-28(49-27)41-20-36-29-30(41)37-33(39-32(29)44)38-31(43)21(2)3;1-2-15-6-8-16(9-7-15)13-18-11-12-19-10-4-3-5-17(19)14-18;1-7(2)14(24)19-16-18-13-12(15(25)20-16)17-6-21(13)11-4-9(26-8(3)23)10(5-22)27-11/h1,9-12,20-21,25-28,35H,6-8,13-19H2,2-4H3,(H2,37,38,39,43,44);1,6-9,17H,3-5,10-14H2;6-7,9-11,22H,4-5H2,1-3H3,(H2,18,19,20,24,25)/t25?,26?,27-,28-;;9?,10-,11-/m1.1/s1. The Morgan fingerprint density at radius 3 is 1.79 bits per heavy atom. The van der Waals surface area contributed by atoms with Gasteiger partial charge in [-0.25, -0.2) is 14.8 Å². The van der Waals surface area contributed by atoms with Crippen LogP contribution in [0.2, 0.25) is 0 Å². The topological polar surface area (TPSA) is 334 Å². The highest BCUT2D eigenvalue weighted by Crippen LogP contribution is 2.34. The Hall–Kier alpha value is -8.87. The number of nitrogens with zero attached hydrogens (tertiary/aromatic N) is 9. The maximum absolute atomic E-state index is 12.7. The van der Waals surface area contributed by atoms with Crippen LogP contribution < -0.4 is 27.1 Å². The van der Waals surface area contributed by atoms with E-state index in [-0.39, 0.29) is 90.5 Å². The summed E-state index contributed by atoms with van der Waals surface area (Å²) in [5.74, 6) is 3.01. The van der Waals surface area contributed by atoms with Crippen LogP contribution in [0.4, 0.5) is 16.7 Å². The van der Waals surface area contributed by atoms with Gasteiger partial charge in [0.1, 0.15) is 50.1 Å². The summed E-state index contributed by atoms with van der Waals surface area (Å²) in [6.07, 6.45) is 16.5. The Kier molecular flexibility index (Phi) is 24.8. The predicted octanol–water partition coefficient (Wildman–Crippen LogP) is 4.98. The molecule has 95 heavy (non-hydrogen) atoms. The number of H-pyrrole nitrogens is 2. The largest absolute Gasteiger partial charge is 0.508 e. The van der Waals surface area contributed by atoms with Crippen LogP contribution in [0.25, 0.3) is 22.3 Å². The lowest BCUT2D eigenvalue weighted by Crippen LogP contribution is -2.54. The number of rotatable bonds is 20. The lowest BCUT2D eigenvalue weighted by molar-refractivity contribution is -0.151. The van der Waals surface area contributed by atoms with Crippen LogP contribution in [0.3, 0.4) is 0 Å². The molecule has 11 rings (SSSR count). The Balaban J connectivity index is 0.000000191. The molecule has 0 radical (unpaired) electrons. The third-order valence-electron chi connectivity index (χ3n) is 17.1. The van der Waals surface area contributed by atoms with Gasteiger partial charge in [-0.1, -0.05) is 76.6 Å². The highest BCUT2D eigenvalue weighted by atomic mass is 16.7. The molecule has 8 atom stereocenters. The van der Waals surface area contributed by atoms with Crippen LogP contribution in [0, 0.1) is 36.5 Å². The average molecular weight is 1310 g/mol. The number of aliphatic hydroxyl groups excluding tert-OH is 1. The second kappa shape index (κ2) is 33.5. The number of piperazine rings is 1. The zero-order valence-corrected chi connectivity index (χ0v) is 54.6. The van der Waals surface area contributed by atoms with E-state index in [0.29, 0.717) is 19.1 Å². The van der Waals surface area contributed by atoms with Crippen molar-refractivity contribution in [3.05, 3.63) is 104 Å². The van der Waals surface area contributed by atoms with E-state index in [4.69, 9.17) is 41.3 Å². The fraction of sp³-hybridized carbons (Fsp3) is 0.537. The molecule has 4 aromatic heterocycles. The molecule has 5 aliphatic rings. The lowest BCUT2D eigenvalue weighted by atomic mass is 9.99. The third kappa shape index (κ3) is 19.4. The SMILES string of the molecule is C#Cc1ccc(CN(CCOC(=O)OC[C@H]2O[C@@H](n3cnc4c(=O)[nH]c(NC(=O)C(C)C)nc43)CC2OC(C)=O)CC2CCCCN2)cc1.C#Cc1ccc(CN2CCN3CCCCC3C2)cc1.CC(=O)OC1C[C@H](n2cnc3c(=O)[nH]c(NC(=O)C(C)C)nc32)O[C@@H]1CO. The van der Waals surface area contributed by atoms with Gasteiger partial charge in [-0.3, -0.25) is 73.2 Å². The monoisotopic (exact) mass is 1310 g/mol. The molecule has 6 N–H and O–H groups in total. The maximum Gasteiger partial charge on any atom is 0.508 e. The second-order valence-electron chi connectivity index (χ2n) is 24.9. The van der Waals surface area contributed by atoms with Crippen LogP contribution in [-0.4, -0.2) is 191 Å². The molecule has 6 aromatic rings. The summed E-state index contributed by atoms with van der Waals surface area (Å²) in [6, 6.07) is 17.4. The number of esters is 2. The van der Waals surface area contributed by atoms with Crippen molar-refractivity contribution in [3.63, 3.8) is 0 Å². The fourth-order valence-electron chi connectivity index (χ4n) is 12.0. The first-order valence-electron chi connectivity index (χ1n) is 32.4. The number of carbonyl (C=O) groups excluding carboxylic acids is 5. The van der Waals surface area contributed by atoms with Crippen LogP contribution in [0.1, 0.15) is 128 Å². The number of amides is 2. The lowest BCUT2D eigenvalue weighted by Gasteiger charge is -2.44. The van der Waals surface area contributed by atoms with Crippen LogP contribution >= 0.6 is 0 Å². The molecule has 4 unspecified atom stereocenters. The Labute approximate surface area is 550 Å². The minimum Gasteiger partial charge on any atom is -0.460 e. The minimum atomic E-state index is -0.880. The molecule has 5 fully saturated rings. The number of anilines is 2. The summed E-state index contributed by atoms with van der Waals surface area (Å²) in [7, 11) is 0. The minimum absolute atomic E-state index is 0.00110. The molecule has 0 spiro atoms. The van der Waals surface area contributed by atoms with Gasteiger partial charge in [0.05, 0.1) is 19.3 Å². The van der Waals surface area contributed by atoms with Crippen molar-refractivity contribution in [2.75, 3.05) is 76.3 Å². The van der Waals surface area contributed by atoms with E-state index in [1.165, 1.54) is 93.1 Å². The van der Waals surface area contributed by atoms with Crippen molar-refractivity contribution < 1.29 is 57.5 Å². The van der Waals surface area contributed by atoms with Gasteiger partial charge in [0, 0.05) is 108 Å². The second-order valence-corrected chi connectivity index (χ2v) is 24.9. The van der Waals surface area contributed by atoms with E-state index in [2.05, 4.69) is 84.5 Å². The first kappa shape index (κ1) is 70.4. The number of hydrogen-bond acceptors (Lipinski definition) is 22. The number of aromatic nitrogens is 8. The van der Waals surface area contributed by atoms with Gasteiger partial charge in [0.2, 0.25) is 23.7 Å². The highest BCUT2D eigenvalue weighted by Gasteiger charge is 2.41. The molecule has 2 aromatic carbocycles. The van der Waals surface area contributed by atoms with Crippen LogP contribution in [0.5, 0.6) is 0 Å². The number of benzene rings is 2. The van der Waals surface area contributed by atoms with Crippen molar-refractivity contribution in [2.24, 2.45) is 11.8 Å². The molecule has 0 bridgehead atoms. The number of aliphatic hydroxyl groups is 1. The molecule has 0 aliphatic carbocycles. The number of fused-ring (bicyclic) bond motifs is 3. The number of imidazole rings is 2. The molecule has 28 heteroatoms. The number of carbonyl (C=O) groups is 5. The van der Waals surface area contributed by atoms with E-state index in [1.54, 1.807) is 27.7 Å². The van der Waals surface area contributed by atoms with E-state index >= 15 is 0 Å². The number of aromatic amines is 2. The highest BCUT2D eigenvalue weighted by molar-refractivity contribution is 5.91. The van der Waals surface area contributed by atoms with Gasteiger partial charge < -0.3 is 38.8 Å². The third-order valence-corrected chi connectivity index (χ3v) is 17.1. The van der Waals surface area contributed by atoms with Crippen molar-refractivity contribution >= 4 is 64.1 Å². The van der Waals surface area contributed by atoms with Gasteiger partial charge in [-0.05, 0) is 74.2 Å². The number of hydrogen-bond donors (Lipinski definition) is 6. The normalized spacial score (nSPS) is 21.9. The molecular weight excluding hydrogens is 1220 g/mol. The van der Waals surface area contributed by atoms with Gasteiger partial charge >= 0.3 is 18.1 Å². The molecular formula is C67H86N14O14. The summed E-state index contributed by atoms with van der Waals surface area (Å²) >= 11 is 0. The number of nitrogens with one attached hydrogen (secondary N) is 5. The van der Waals surface area contributed by atoms with Crippen molar-refractivity contribution in [1.82, 2.24) is 59.1 Å². The quantitative estimate of drug-likeness (QED) is 0.0333. The van der Waals surface area contributed by atoms with E-state index in [9.17, 15) is 38.7 Å². The molecule has 2 amide bonds. The van der Waals surface area contributed by atoms with E-state index < -0.39 is 66.1 Å². The van der Waals surface area contributed by atoms with Gasteiger partial charge in [-0.15, -0.1) is 12.8 Å². The number of ether oxygens (including phenoxy) is 6. The smallest absolute Gasteiger partial charge is 0.460 e. The van der Waals surface area contributed by atoms with E-state index in [1.807, 2.05) is 36.4 Å². The van der Waals surface area contributed by atoms with E-state index in [0.717, 1.165) is 55.2 Å². The van der Waals surface area contributed by atoms with Crippen molar-refractivity contribution in [1.29, 1.82) is 0 Å². The van der Waals surface area contributed by atoms with Gasteiger partial charge in [-0.2, -0.15) is 9.97 Å². The van der Waals surface area contributed by atoms with Gasteiger partial charge in [0.25, 0.3) is 11.1 Å². The molecule has 508 valence electrons. The fourth-order valence-corrected chi connectivity index (χ4v) is 12.0. The van der Waals surface area contributed by atoms with Crippen LogP contribution in [0.15, 0.2) is 70.8 Å². The molecule has 0 saturated carbocycles. The zero-order chi connectivity index (χ0) is 67.7. The Morgan fingerprint density at radius 1 is 0.716 bits per heavy atom. The first-order chi connectivity index (χ1) is 45.7. The predicted molar refractivity (Wildman–Crippen MR) is 350 cm³/mol. The number of terminal acetylenes is 2. The summed E-state index contributed by atoms with van der Waals surface area (Å²) < 4.78 is 36.4. The molecule has 28 nitrogen and oxygen atoms in total.